The highest BCUT2D eigenvalue weighted by molar-refractivity contribution is 5.74. The summed E-state index contributed by atoms with van der Waals surface area (Å²) in [5.41, 5.74) is 1.20. The molecule has 0 aromatic heterocycles. The number of hydrogen-bond acceptors (Lipinski definition) is 2. The Kier molecular flexibility index (Phi) is 5.90. The quantitative estimate of drug-likeness (QED) is 0.789. The Morgan fingerprint density at radius 2 is 2.00 bits per heavy atom. The number of rotatable bonds is 6. The van der Waals surface area contributed by atoms with Gasteiger partial charge in [-0.2, -0.15) is 0 Å². The number of carbonyl (C=O) groups is 1. The largest absolute Gasteiger partial charge is 0.491 e. The second kappa shape index (κ2) is 7.91. The molecule has 0 unspecified atom stereocenters. The monoisotopic (exact) mass is 290 g/mol. The van der Waals surface area contributed by atoms with E-state index in [1.807, 2.05) is 18.2 Å². The van der Waals surface area contributed by atoms with E-state index in [1.165, 1.54) is 18.4 Å². The molecule has 1 aliphatic rings. The third-order valence-corrected chi connectivity index (χ3v) is 3.88. The van der Waals surface area contributed by atoms with E-state index >= 15 is 0 Å². The number of hydrogen-bond donors (Lipinski definition) is 2. The average Bonchev–Trinajstić information content (AvgIpc) is 2.96. The maximum Gasteiger partial charge on any atom is 0.315 e. The van der Waals surface area contributed by atoms with Crippen LogP contribution in [-0.4, -0.2) is 25.2 Å². The molecule has 1 aromatic rings. The number of nitrogens with one attached hydrogen (secondary N) is 2. The van der Waals surface area contributed by atoms with Gasteiger partial charge in [-0.1, -0.05) is 44.9 Å². The van der Waals surface area contributed by atoms with E-state index < -0.39 is 0 Å². The fourth-order valence-electron chi connectivity index (χ4n) is 2.72. The molecule has 0 atom stereocenters. The minimum Gasteiger partial charge on any atom is -0.491 e. The molecule has 116 valence electrons. The molecule has 1 fully saturated rings. The molecule has 0 aliphatic heterocycles. The van der Waals surface area contributed by atoms with E-state index in [4.69, 9.17) is 4.74 Å². The summed E-state index contributed by atoms with van der Waals surface area (Å²) in [6.07, 6.45) is 4.65. The Hall–Kier alpha value is -1.71. The van der Waals surface area contributed by atoms with Crippen molar-refractivity contribution in [3.05, 3.63) is 29.8 Å². The van der Waals surface area contributed by atoms with Gasteiger partial charge in [0, 0.05) is 6.04 Å². The van der Waals surface area contributed by atoms with E-state index in [1.54, 1.807) is 0 Å². The highest BCUT2D eigenvalue weighted by Crippen LogP contribution is 2.25. The Labute approximate surface area is 127 Å². The number of urea groups is 1. The predicted molar refractivity (Wildman–Crippen MR) is 84.8 cm³/mol. The molecule has 2 N–H and O–H groups in total. The Bertz CT molecular complexity index is 454. The zero-order valence-electron chi connectivity index (χ0n) is 13.0. The van der Waals surface area contributed by atoms with Crippen molar-refractivity contribution < 1.29 is 9.53 Å². The van der Waals surface area contributed by atoms with Crippen molar-refractivity contribution in [2.24, 2.45) is 0 Å². The summed E-state index contributed by atoms with van der Waals surface area (Å²) < 4.78 is 5.78. The molecule has 1 aromatic carbocycles. The van der Waals surface area contributed by atoms with E-state index in [2.05, 4.69) is 30.5 Å². The van der Waals surface area contributed by atoms with Crippen LogP contribution in [0.4, 0.5) is 4.79 Å². The zero-order valence-corrected chi connectivity index (χ0v) is 13.0. The van der Waals surface area contributed by atoms with Crippen LogP contribution in [0, 0.1) is 0 Å². The molecule has 0 saturated heterocycles. The topological polar surface area (TPSA) is 50.4 Å². The smallest absolute Gasteiger partial charge is 0.315 e. The number of para-hydroxylation sites is 1. The van der Waals surface area contributed by atoms with E-state index in [0.717, 1.165) is 18.6 Å². The normalized spacial score (nSPS) is 15.2. The summed E-state index contributed by atoms with van der Waals surface area (Å²) in [6, 6.07) is 8.33. The fraction of sp³-hybridized carbons (Fsp3) is 0.588. The molecule has 2 amide bonds. The van der Waals surface area contributed by atoms with Crippen LogP contribution in [0.25, 0.3) is 0 Å². The van der Waals surface area contributed by atoms with E-state index in [9.17, 15) is 4.79 Å². The van der Waals surface area contributed by atoms with Crippen molar-refractivity contribution in [1.29, 1.82) is 0 Å². The van der Waals surface area contributed by atoms with Gasteiger partial charge >= 0.3 is 6.03 Å². The van der Waals surface area contributed by atoms with Crippen LogP contribution in [0.15, 0.2) is 24.3 Å². The molecule has 4 nitrogen and oxygen atoms in total. The van der Waals surface area contributed by atoms with Crippen LogP contribution < -0.4 is 15.4 Å². The Morgan fingerprint density at radius 3 is 2.71 bits per heavy atom. The highest BCUT2D eigenvalue weighted by Gasteiger charge is 2.16. The first-order valence-electron chi connectivity index (χ1n) is 7.93. The summed E-state index contributed by atoms with van der Waals surface area (Å²) in [4.78, 5) is 11.7. The van der Waals surface area contributed by atoms with Crippen LogP contribution in [-0.2, 0) is 0 Å². The minimum atomic E-state index is -0.0809. The number of carbonyl (C=O) groups excluding carboxylic acids is 1. The summed E-state index contributed by atoms with van der Waals surface area (Å²) in [5, 5.41) is 5.85. The Balaban J connectivity index is 1.68. The second-order valence-electron chi connectivity index (χ2n) is 5.92. The zero-order chi connectivity index (χ0) is 15.1. The average molecular weight is 290 g/mol. The van der Waals surface area contributed by atoms with Gasteiger partial charge in [0.15, 0.2) is 0 Å². The van der Waals surface area contributed by atoms with Crippen LogP contribution in [0.3, 0.4) is 0 Å². The van der Waals surface area contributed by atoms with Crippen molar-refractivity contribution in [1.82, 2.24) is 10.6 Å². The third kappa shape index (κ3) is 4.96. The first kappa shape index (κ1) is 15.7. The maximum atomic E-state index is 11.7. The molecule has 4 heteroatoms. The molecule has 0 bridgehead atoms. The van der Waals surface area contributed by atoms with Crippen LogP contribution in [0.5, 0.6) is 5.75 Å². The van der Waals surface area contributed by atoms with Crippen LogP contribution >= 0.6 is 0 Å². The second-order valence-corrected chi connectivity index (χ2v) is 5.92. The fourth-order valence-corrected chi connectivity index (χ4v) is 2.72. The van der Waals surface area contributed by atoms with E-state index in [0.29, 0.717) is 25.1 Å². The van der Waals surface area contributed by atoms with Gasteiger partial charge in [-0.25, -0.2) is 4.79 Å². The SMILES string of the molecule is CC(C)c1ccccc1OCCNC(=O)NC1CCCC1. The lowest BCUT2D eigenvalue weighted by atomic mass is 10.0. The molecule has 0 radical (unpaired) electrons. The Morgan fingerprint density at radius 1 is 1.29 bits per heavy atom. The molecule has 21 heavy (non-hydrogen) atoms. The molecule has 2 rings (SSSR count). The summed E-state index contributed by atoms with van der Waals surface area (Å²) >= 11 is 0. The van der Waals surface area contributed by atoms with Crippen molar-refractivity contribution in [2.75, 3.05) is 13.2 Å². The van der Waals surface area contributed by atoms with Crippen molar-refractivity contribution in [3.63, 3.8) is 0 Å². The van der Waals surface area contributed by atoms with Gasteiger partial charge in [0.2, 0.25) is 0 Å². The van der Waals surface area contributed by atoms with Crippen LogP contribution in [0.1, 0.15) is 51.0 Å². The van der Waals surface area contributed by atoms with Gasteiger partial charge in [0.1, 0.15) is 12.4 Å². The summed E-state index contributed by atoms with van der Waals surface area (Å²) in [6.45, 7) is 5.30. The summed E-state index contributed by atoms with van der Waals surface area (Å²) in [7, 11) is 0. The molecular weight excluding hydrogens is 264 g/mol. The number of ether oxygens (including phenoxy) is 1. The molecule has 0 heterocycles. The number of benzene rings is 1. The standard InChI is InChI=1S/C17H26N2O2/c1-13(2)15-9-5-6-10-16(15)21-12-11-18-17(20)19-14-7-3-4-8-14/h5-6,9-10,13-14H,3-4,7-8,11-12H2,1-2H3,(H2,18,19,20). The van der Waals surface area contributed by atoms with E-state index in [-0.39, 0.29) is 6.03 Å². The highest BCUT2D eigenvalue weighted by atomic mass is 16.5. The van der Waals surface area contributed by atoms with Gasteiger partial charge in [-0.3, -0.25) is 0 Å². The van der Waals surface area contributed by atoms with Crippen molar-refractivity contribution >= 4 is 6.03 Å². The molecule has 1 aliphatic carbocycles. The van der Waals surface area contributed by atoms with Gasteiger partial charge in [0.05, 0.1) is 6.54 Å². The van der Waals surface area contributed by atoms with Gasteiger partial charge in [-0.05, 0) is 30.4 Å². The number of amides is 2. The van der Waals surface area contributed by atoms with Gasteiger partial charge in [0.25, 0.3) is 0 Å². The van der Waals surface area contributed by atoms with Gasteiger partial charge in [-0.15, -0.1) is 0 Å². The van der Waals surface area contributed by atoms with Gasteiger partial charge < -0.3 is 15.4 Å². The van der Waals surface area contributed by atoms with Crippen molar-refractivity contribution in [3.8, 4) is 5.75 Å². The third-order valence-electron chi connectivity index (χ3n) is 3.88. The first-order valence-corrected chi connectivity index (χ1v) is 7.93. The molecule has 0 spiro atoms. The first-order chi connectivity index (χ1) is 10.2. The van der Waals surface area contributed by atoms with Crippen LogP contribution in [0.2, 0.25) is 0 Å². The lowest BCUT2D eigenvalue weighted by Crippen LogP contribution is -2.42. The lowest BCUT2D eigenvalue weighted by Gasteiger charge is -2.15. The predicted octanol–water partition coefficient (Wildman–Crippen LogP) is 3.43. The molecule has 1 saturated carbocycles. The maximum absolute atomic E-state index is 11.7. The minimum absolute atomic E-state index is 0.0809. The summed E-state index contributed by atoms with van der Waals surface area (Å²) in [5.74, 6) is 1.34. The molecular formula is C17H26N2O2. The van der Waals surface area contributed by atoms with Crippen molar-refractivity contribution in [2.45, 2.75) is 51.5 Å². The lowest BCUT2D eigenvalue weighted by molar-refractivity contribution is 0.232.